The van der Waals surface area contributed by atoms with E-state index in [4.69, 9.17) is 0 Å². The Labute approximate surface area is 182 Å². The van der Waals surface area contributed by atoms with Gasteiger partial charge in [0.2, 0.25) is 10.0 Å². The standard InChI is InChI=1S/C22H24N6O2S/c1-18-5-7-19(8-6-18)11-17-31(29,30)28-15-13-27(14-16-28)22-10-9-21(25-26-22)24-20-4-2-3-12-23-20/h2-12,17H,13-16H2,1H3,(H,23,24,25)/b17-11+. The minimum Gasteiger partial charge on any atom is -0.352 e. The van der Waals surface area contributed by atoms with E-state index in [0.29, 0.717) is 37.8 Å². The van der Waals surface area contributed by atoms with Crippen molar-refractivity contribution in [2.45, 2.75) is 6.92 Å². The van der Waals surface area contributed by atoms with Crippen molar-refractivity contribution >= 4 is 33.6 Å². The molecule has 1 aliphatic heterocycles. The predicted molar refractivity (Wildman–Crippen MR) is 122 cm³/mol. The number of sulfonamides is 1. The van der Waals surface area contributed by atoms with Crippen molar-refractivity contribution in [1.82, 2.24) is 19.5 Å². The highest BCUT2D eigenvalue weighted by Gasteiger charge is 2.25. The van der Waals surface area contributed by atoms with Gasteiger partial charge in [-0.1, -0.05) is 35.9 Å². The second-order valence-electron chi connectivity index (χ2n) is 7.26. The molecule has 1 aromatic carbocycles. The molecule has 3 heterocycles. The minimum atomic E-state index is -3.47. The molecule has 8 nitrogen and oxygen atoms in total. The van der Waals surface area contributed by atoms with Gasteiger partial charge in [-0.3, -0.25) is 0 Å². The topological polar surface area (TPSA) is 91.3 Å². The van der Waals surface area contributed by atoms with Crippen LogP contribution in [0.2, 0.25) is 0 Å². The molecule has 0 aliphatic carbocycles. The van der Waals surface area contributed by atoms with Crippen LogP contribution in [0.3, 0.4) is 0 Å². The number of benzene rings is 1. The first-order chi connectivity index (χ1) is 15.0. The highest BCUT2D eigenvalue weighted by Crippen LogP contribution is 2.18. The van der Waals surface area contributed by atoms with Crippen LogP contribution in [0.1, 0.15) is 11.1 Å². The summed E-state index contributed by atoms with van der Waals surface area (Å²) in [6.07, 6.45) is 3.34. The Morgan fingerprint density at radius 2 is 1.68 bits per heavy atom. The highest BCUT2D eigenvalue weighted by molar-refractivity contribution is 7.92. The van der Waals surface area contributed by atoms with E-state index >= 15 is 0 Å². The first kappa shape index (κ1) is 21.0. The van der Waals surface area contributed by atoms with E-state index in [1.807, 2.05) is 66.4 Å². The molecule has 1 fully saturated rings. The number of nitrogens with zero attached hydrogens (tertiary/aromatic N) is 5. The molecule has 3 aromatic rings. The molecular formula is C22H24N6O2S. The van der Waals surface area contributed by atoms with Crippen molar-refractivity contribution in [2.75, 3.05) is 36.4 Å². The summed E-state index contributed by atoms with van der Waals surface area (Å²) in [7, 11) is -3.47. The summed E-state index contributed by atoms with van der Waals surface area (Å²) in [5.74, 6) is 2.02. The number of aromatic nitrogens is 3. The summed E-state index contributed by atoms with van der Waals surface area (Å²) < 4.78 is 26.8. The Hall–Kier alpha value is -3.30. The number of hydrogen-bond donors (Lipinski definition) is 1. The maximum atomic E-state index is 12.7. The van der Waals surface area contributed by atoms with Crippen LogP contribution in [0.25, 0.3) is 6.08 Å². The molecule has 0 amide bonds. The lowest BCUT2D eigenvalue weighted by Crippen LogP contribution is -2.48. The summed E-state index contributed by atoms with van der Waals surface area (Å²) >= 11 is 0. The molecule has 2 aromatic heterocycles. The SMILES string of the molecule is Cc1ccc(/C=C/S(=O)(=O)N2CCN(c3ccc(Nc4ccccn4)nn3)CC2)cc1. The van der Waals surface area contributed by atoms with Crippen LogP contribution >= 0.6 is 0 Å². The molecule has 0 saturated carbocycles. The molecule has 0 spiro atoms. The van der Waals surface area contributed by atoms with Gasteiger partial charge in [0.1, 0.15) is 5.82 Å². The van der Waals surface area contributed by atoms with Gasteiger partial charge in [-0.25, -0.2) is 13.4 Å². The van der Waals surface area contributed by atoms with E-state index in [1.165, 1.54) is 9.71 Å². The van der Waals surface area contributed by atoms with Crippen molar-refractivity contribution in [3.63, 3.8) is 0 Å². The number of hydrogen-bond acceptors (Lipinski definition) is 7. The fourth-order valence-electron chi connectivity index (χ4n) is 3.23. The molecule has 0 bridgehead atoms. The maximum absolute atomic E-state index is 12.7. The zero-order chi connectivity index (χ0) is 21.7. The molecule has 0 atom stereocenters. The fourth-order valence-corrected chi connectivity index (χ4v) is 4.40. The third-order valence-electron chi connectivity index (χ3n) is 5.00. The number of pyridine rings is 1. The second kappa shape index (κ2) is 9.23. The Kier molecular flexibility index (Phi) is 6.24. The quantitative estimate of drug-likeness (QED) is 0.635. The lowest BCUT2D eigenvalue weighted by atomic mass is 10.2. The highest BCUT2D eigenvalue weighted by atomic mass is 32.2. The van der Waals surface area contributed by atoms with Gasteiger partial charge in [-0.15, -0.1) is 10.2 Å². The first-order valence-corrected chi connectivity index (χ1v) is 11.5. The summed E-state index contributed by atoms with van der Waals surface area (Å²) in [4.78, 5) is 6.23. The van der Waals surface area contributed by atoms with Gasteiger partial charge >= 0.3 is 0 Å². The van der Waals surface area contributed by atoms with Crippen LogP contribution in [-0.4, -0.2) is 54.1 Å². The number of aryl methyl sites for hydroxylation is 1. The van der Waals surface area contributed by atoms with Crippen LogP contribution < -0.4 is 10.2 Å². The molecule has 1 aliphatic rings. The van der Waals surface area contributed by atoms with Crippen LogP contribution in [0.4, 0.5) is 17.5 Å². The molecule has 1 saturated heterocycles. The summed E-state index contributed by atoms with van der Waals surface area (Å²) in [6, 6.07) is 17.0. The number of anilines is 3. The van der Waals surface area contributed by atoms with Crippen molar-refractivity contribution in [3.05, 3.63) is 77.3 Å². The smallest absolute Gasteiger partial charge is 0.236 e. The van der Waals surface area contributed by atoms with Crippen LogP contribution in [-0.2, 0) is 10.0 Å². The lowest BCUT2D eigenvalue weighted by molar-refractivity contribution is 0.388. The average Bonchev–Trinajstić information content (AvgIpc) is 2.80. The van der Waals surface area contributed by atoms with Gasteiger partial charge in [0.25, 0.3) is 0 Å². The van der Waals surface area contributed by atoms with Gasteiger partial charge in [0.05, 0.1) is 0 Å². The van der Waals surface area contributed by atoms with Crippen molar-refractivity contribution in [2.24, 2.45) is 0 Å². The van der Waals surface area contributed by atoms with Crippen LogP contribution in [0.5, 0.6) is 0 Å². The fraction of sp³-hybridized carbons (Fsp3) is 0.227. The average molecular weight is 437 g/mol. The third kappa shape index (κ3) is 5.44. The number of rotatable bonds is 6. The molecule has 1 N–H and O–H groups in total. The summed E-state index contributed by atoms with van der Waals surface area (Å²) in [5, 5.41) is 12.8. The minimum absolute atomic E-state index is 0.399. The lowest BCUT2D eigenvalue weighted by Gasteiger charge is -2.33. The van der Waals surface area contributed by atoms with Gasteiger partial charge in [0.15, 0.2) is 11.6 Å². The van der Waals surface area contributed by atoms with Crippen LogP contribution in [0, 0.1) is 6.92 Å². The van der Waals surface area contributed by atoms with Crippen molar-refractivity contribution < 1.29 is 8.42 Å². The molecule has 0 unspecified atom stereocenters. The molecule has 160 valence electrons. The van der Waals surface area contributed by atoms with Crippen molar-refractivity contribution in [1.29, 1.82) is 0 Å². The van der Waals surface area contributed by atoms with E-state index in [2.05, 4.69) is 20.5 Å². The van der Waals surface area contributed by atoms with Gasteiger partial charge in [0, 0.05) is 37.8 Å². The zero-order valence-corrected chi connectivity index (χ0v) is 18.0. The largest absolute Gasteiger partial charge is 0.352 e. The Morgan fingerprint density at radius 3 is 2.32 bits per heavy atom. The zero-order valence-electron chi connectivity index (χ0n) is 17.2. The van der Waals surface area contributed by atoms with E-state index in [-0.39, 0.29) is 0 Å². The molecular weight excluding hydrogens is 412 g/mol. The maximum Gasteiger partial charge on any atom is 0.236 e. The van der Waals surface area contributed by atoms with Gasteiger partial charge in [-0.05, 0) is 42.8 Å². The third-order valence-corrected chi connectivity index (χ3v) is 6.57. The second-order valence-corrected chi connectivity index (χ2v) is 9.08. The Morgan fingerprint density at radius 1 is 0.903 bits per heavy atom. The number of nitrogens with one attached hydrogen (secondary N) is 1. The Bertz CT molecular complexity index is 1120. The van der Waals surface area contributed by atoms with Crippen molar-refractivity contribution in [3.8, 4) is 0 Å². The van der Waals surface area contributed by atoms with E-state index < -0.39 is 10.0 Å². The van der Waals surface area contributed by atoms with Gasteiger partial charge in [-0.2, -0.15) is 4.31 Å². The predicted octanol–water partition coefficient (Wildman–Crippen LogP) is 3.05. The molecule has 0 radical (unpaired) electrons. The van der Waals surface area contributed by atoms with Crippen LogP contribution in [0.15, 0.2) is 66.2 Å². The Balaban J connectivity index is 1.34. The van der Waals surface area contributed by atoms with E-state index in [9.17, 15) is 8.42 Å². The first-order valence-electron chi connectivity index (χ1n) is 10.0. The van der Waals surface area contributed by atoms with Gasteiger partial charge < -0.3 is 10.2 Å². The number of piperazine rings is 1. The molecule has 4 rings (SSSR count). The molecule has 31 heavy (non-hydrogen) atoms. The van der Waals surface area contributed by atoms with E-state index in [0.717, 1.165) is 16.9 Å². The monoisotopic (exact) mass is 436 g/mol. The normalized spacial score (nSPS) is 15.3. The summed E-state index contributed by atoms with van der Waals surface area (Å²) in [5.41, 5.74) is 2.00. The van der Waals surface area contributed by atoms with E-state index in [1.54, 1.807) is 12.3 Å². The molecule has 9 heteroatoms. The summed E-state index contributed by atoms with van der Waals surface area (Å²) in [6.45, 7) is 3.91.